The molecule has 0 amide bonds. The van der Waals surface area contributed by atoms with Crippen LogP contribution in [0.4, 0.5) is 0 Å². The first-order valence-corrected chi connectivity index (χ1v) is 12.0. The number of likely N-dealkylation sites (tertiary alicyclic amines) is 1. The van der Waals surface area contributed by atoms with Crippen molar-refractivity contribution in [3.05, 3.63) is 42.0 Å². The van der Waals surface area contributed by atoms with Gasteiger partial charge in [-0.2, -0.15) is 0 Å². The van der Waals surface area contributed by atoms with Gasteiger partial charge in [0.2, 0.25) is 0 Å². The average molecular weight is 425 g/mol. The van der Waals surface area contributed by atoms with Crippen LogP contribution in [0, 0.1) is 0 Å². The van der Waals surface area contributed by atoms with Gasteiger partial charge in [-0.1, -0.05) is 24.6 Å². The molecule has 31 heavy (non-hydrogen) atoms. The van der Waals surface area contributed by atoms with Gasteiger partial charge in [0, 0.05) is 58.4 Å². The van der Waals surface area contributed by atoms with E-state index in [-0.39, 0.29) is 6.10 Å². The molecule has 2 aliphatic rings. The minimum absolute atomic E-state index is 0.282. The second kappa shape index (κ2) is 11.2. The molecule has 2 aliphatic heterocycles. The predicted octanol–water partition coefficient (Wildman–Crippen LogP) is 3.45. The molecule has 0 saturated carbocycles. The zero-order valence-electron chi connectivity index (χ0n) is 18.8. The normalized spacial score (nSPS) is 17.8. The molecule has 1 fully saturated rings. The minimum atomic E-state index is 0.282. The summed E-state index contributed by atoms with van der Waals surface area (Å²) >= 11 is 0. The number of rotatable bonds is 7. The number of fused-ring (bicyclic) bond motifs is 1. The molecule has 7 heteroatoms. The van der Waals surface area contributed by atoms with Crippen LogP contribution in [-0.2, 0) is 19.4 Å². The van der Waals surface area contributed by atoms with Gasteiger partial charge in [0.1, 0.15) is 23.5 Å². The van der Waals surface area contributed by atoms with E-state index >= 15 is 0 Å². The van der Waals surface area contributed by atoms with Crippen molar-refractivity contribution in [2.45, 2.75) is 70.9 Å². The lowest BCUT2D eigenvalue weighted by Crippen LogP contribution is -2.47. The fourth-order valence-corrected chi connectivity index (χ4v) is 4.46. The fourth-order valence-electron chi connectivity index (χ4n) is 4.46. The molecule has 1 saturated heterocycles. The summed E-state index contributed by atoms with van der Waals surface area (Å²) in [6.45, 7) is 6.85. The fraction of sp³-hybridized carbons (Fsp3) is 0.625. The molecule has 0 radical (unpaired) electrons. The van der Waals surface area contributed by atoms with E-state index in [1.54, 1.807) is 0 Å². The molecule has 0 atom stereocenters. The van der Waals surface area contributed by atoms with Gasteiger partial charge >= 0.3 is 0 Å². The van der Waals surface area contributed by atoms with Gasteiger partial charge in [-0.05, 0) is 38.3 Å². The number of para-hydroxylation sites is 1. The molecule has 0 aliphatic carbocycles. The summed E-state index contributed by atoms with van der Waals surface area (Å²) in [5.41, 5.74) is 0. The number of hydrogen-bond donors (Lipinski definition) is 1. The smallest absolute Gasteiger partial charge is 0.193 e. The van der Waals surface area contributed by atoms with Gasteiger partial charge in [0.05, 0.1) is 0 Å². The molecule has 1 aromatic heterocycles. The number of aromatic nitrogens is 3. The third-order valence-electron chi connectivity index (χ3n) is 6.13. The Morgan fingerprint density at radius 2 is 1.94 bits per heavy atom. The van der Waals surface area contributed by atoms with E-state index in [9.17, 15) is 0 Å². The van der Waals surface area contributed by atoms with Crippen LogP contribution in [-0.4, -0.2) is 57.9 Å². The highest BCUT2D eigenvalue weighted by atomic mass is 16.5. The van der Waals surface area contributed by atoms with Crippen LogP contribution < -0.4 is 10.1 Å². The van der Waals surface area contributed by atoms with Crippen LogP contribution in [0.1, 0.15) is 57.1 Å². The quantitative estimate of drug-likeness (QED) is 0.419. The van der Waals surface area contributed by atoms with Crippen LogP contribution in [0.2, 0.25) is 0 Å². The number of aryl methyl sites for hydroxylation is 2. The second-order valence-corrected chi connectivity index (χ2v) is 8.45. The second-order valence-electron chi connectivity index (χ2n) is 8.45. The number of benzene rings is 1. The molecule has 3 heterocycles. The zero-order valence-corrected chi connectivity index (χ0v) is 18.8. The minimum Gasteiger partial charge on any atom is -0.490 e. The van der Waals surface area contributed by atoms with E-state index in [1.807, 2.05) is 30.3 Å². The summed E-state index contributed by atoms with van der Waals surface area (Å²) in [5, 5.41) is 12.3. The number of nitrogens with zero attached hydrogens (tertiary/aromatic N) is 5. The predicted molar refractivity (Wildman–Crippen MR) is 124 cm³/mol. The highest BCUT2D eigenvalue weighted by Gasteiger charge is 2.22. The summed E-state index contributed by atoms with van der Waals surface area (Å²) in [4.78, 5) is 7.28. The molecular weight excluding hydrogens is 388 g/mol. The van der Waals surface area contributed by atoms with Gasteiger partial charge < -0.3 is 19.5 Å². The van der Waals surface area contributed by atoms with E-state index in [0.717, 1.165) is 82.4 Å². The first kappa shape index (κ1) is 21.7. The highest BCUT2D eigenvalue weighted by molar-refractivity contribution is 5.80. The summed E-state index contributed by atoms with van der Waals surface area (Å²) in [6, 6.07) is 10.1. The first-order chi connectivity index (χ1) is 15.3. The van der Waals surface area contributed by atoms with Crippen molar-refractivity contribution in [2.24, 2.45) is 4.99 Å². The van der Waals surface area contributed by atoms with Crippen molar-refractivity contribution < 1.29 is 4.74 Å². The van der Waals surface area contributed by atoms with Crippen molar-refractivity contribution in [2.75, 3.05) is 26.2 Å². The number of hydrogen-bond acceptors (Lipinski definition) is 4. The Morgan fingerprint density at radius 3 is 2.74 bits per heavy atom. The topological polar surface area (TPSA) is 67.6 Å². The molecule has 0 bridgehead atoms. The Labute approximate surface area is 185 Å². The highest BCUT2D eigenvalue weighted by Crippen LogP contribution is 2.19. The molecule has 0 unspecified atom stereocenters. The van der Waals surface area contributed by atoms with E-state index in [0.29, 0.717) is 0 Å². The number of piperidine rings is 1. The monoisotopic (exact) mass is 424 g/mol. The number of aliphatic imine (C=N–C) groups is 1. The van der Waals surface area contributed by atoms with Gasteiger partial charge in [-0.15, -0.1) is 10.2 Å². The summed E-state index contributed by atoms with van der Waals surface area (Å²) in [7, 11) is 0. The van der Waals surface area contributed by atoms with Crippen LogP contribution >= 0.6 is 0 Å². The molecule has 1 aromatic carbocycles. The van der Waals surface area contributed by atoms with Crippen LogP contribution in [0.25, 0.3) is 0 Å². The van der Waals surface area contributed by atoms with E-state index in [4.69, 9.17) is 9.73 Å². The lowest BCUT2D eigenvalue weighted by Gasteiger charge is -2.34. The molecule has 1 N–H and O–H groups in total. The maximum Gasteiger partial charge on any atom is 0.193 e. The van der Waals surface area contributed by atoms with E-state index in [1.165, 1.54) is 25.1 Å². The SMILES string of the molecule is CCNC(=NCCCc1nnc2n1CCCCC2)N1CCC(Oc2ccccc2)CC1. The van der Waals surface area contributed by atoms with Crippen molar-refractivity contribution in [1.82, 2.24) is 25.0 Å². The van der Waals surface area contributed by atoms with Crippen molar-refractivity contribution in [1.29, 1.82) is 0 Å². The van der Waals surface area contributed by atoms with Gasteiger partial charge in [0.25, 0.3) is 0 Å². The number of guanidine groups is 1. The Morgan fingerprint density at radius 1 is 1.10 bits per heavy atom. The van der Waals surface area contributed by atoms with Crippen molar-refractivity contribution >= 4 is 5.96 Å². The van der Waals surface area contributed by atoms with Gasteiger partial charge in [-0.3, -0.25) is 4.99 Å². The molecule has 2 aromatic rings. The first-order valence-electron chi connectivity index (χ1n) is 12.0. The Kier molecular flexibility index (Phi) is 7.80. The largest absolute Gasteiger partial charge is 0.490 e. The number of nitrogens with one attached hydrogen (secondary N) is 1. The van der Waals surface area contributed by atoms with Crippen LogP contribution in [0.3, 0.4) is 0 Å². The number of ether oxygens (including phenoxy) is 1. The Bertz CT molecular complexity index is 826. The third-order valence-corrected chi connectivity index (χ3v) is 6.13. The maximum atomic E-state index is 6.14. The summed E-state index contributed by atoms with van der Waals surface area (Å²) in [5.74, 6) is 4.30. The molecular formula is C24H36N6O. The lowest BCUT2D eigenvalue weighted by atomic mass is 10.1. The van der Waals surface area contributed by atoms with Gasteiger partial charge in [0.15, 0.2) is 5.96 Å². The van der Waals surface area contributed by atoms with Crippen LogP contribution in [0.15, 0.2) is 35.3 Å². The average Bonchev–Trinajstić information content (AvgIpc) is 3.03. The molecule has 7 nitrogen and oxygen atoms in total. The molecule has 168 valence electrons. The van der Waals surface area contributed by atoms with Crippen LogP contribution in [0.5, 0.6) is 5.75 Å². The summed E-state index contributed by atoms with van der Waals surface area (Å²) < 4.78 is 8.48. The van der Waals surface area contributed by atoms with Crippen molar-refractivity contribution in [3.63, 3.8) is 0 Å². The zero-order chi connectivity index (χ0) is 21.3. The maximum absolute atomic E-state index is 6.14. The van der Waals surface area contributed by atoms with Crippen molar-refractivity contribution in [3.8, 4) is 5.75 Å². The van der Waals surface area contributed by atoms with E-state index in [2.05, 4.69) is 31.9 Å². The third kappa shape index (κ3) is 5.99. The van der Waals surface area contributed by atoms with Gasteiger partial charge in [-0.25, -0.2) is 0 Å². The van der Waals surface area contributed by atoms with E-state index < -0.39 is 0 Å². The lowest BCUT2D eigenvalue weighted by molar-refractivity contribution is 0.129. The Hall–Kier alpha value is -2.57. The molecule has 4 rings (SSSR count). The Balaban J connectivity index is 1.25. The summed E-state index contributed by atoms with van der Waals surface area (Å²) in [6.07, 6.45) is 9.11. The molecule has 0 spiro atoms. The standard InChI is InChI=1S/C24H36N6O/c1-2-25-24(29-18-14-21(15-19-29)31-20-10-5-3-6-11-20)26-16-9-13-23-28-27-22-12-7-4-8-17-30(22)23/h3,5-6,10-11,21H,2,4,7-9,12-19H2,1H3,(H,25,26).